The molecule has 0 atom stereocenters. The molecule has 1 rings (SSSR count). The van der Waals surface area contributed by atoms with Crippen molar-refractivity contribution in [1.29, 1.82) is 0 Å². The highest BCUT2D eigenvalue weighted by molar-refractivity contribution is 6.32. The smallest absolute Gasteiger partial charge is 0.173 e. The van der Waals surface area contributed by atoms with Crippen molar-refractivity contribution in [1.82, 2.24) is 0 Å². The fourth-order valence-corrected chi connectivity index (χ4v) is 1.63. The second kappa shape index (κ2) is 3.97. The van der Waals surface area contributed by atoms with E-state index in [0.717, 1.165) is 5.56 Å². The summed E-state index contributed by atoms with van der Waals surface area (Å²) in [7, 11) is 1.41. The molecule has 0 spiro atoms. The van der Waals surface area contributed by atoms with E-state index in [2.05, 4.69) is 0 Å². The van der Waals surface area contributed by atoms with E-state index in [1.807, 2.05) is 13.8 Å². The molecule has 1 aromatic rings. The van der Waals surface area contributed by atoms with Crippen LogP contribution in [-0.4, -0.2) is 7.11 Å². The Bertz CT molecular complexity index is 310. The van der Waals surface area contributed by atoms with Crippen LogP contribution in [0.3, 0.4) is 0 Å². The van der Waals surface area contributed by atoms with Gasteiger partial charge in [-0.05, 0) is 17.5 Å². The van der Waals surface area contributed by atoms with E-state index in [-0.39, 0.29) is 11.7 Å². The maximum Gasteiger partial charge on any atom is 0.173 e. The van der Waals surface area contributed by atoms with Crippen LogP contribution in [0.1, 0.15) is 25.3 Å². The van der Waals surface area contributed by atoms with E-state index >= 15 is 0 Å². The zero-order valence-electron chi connectivity index (χ0n) is 7.90. The molecule has 0 fully saturated rings. The van der Waals surface area contributed by atoms with Gasteiger partial charge in [0.1, 0.15) is 0 Å². The Morgan fingerprint density at radius 1 is 1.38 bits per heavy atom. The first-order valence-corrected chi connectivity index (χ1v) is 4.47. The van der Waals surface area contributed by atoms with E-state index in [1.165, 1.54) is 13.2 Å². The monoisotopic (exact) mass is 202 g/mol. The van der Waals surface area contributed by atoms with Crippen LogP contribution < -0.4 is 4.74 Å². The highest BCUT2D eigenvalue weighted by Gasteiger charge is 2.13. The lowest BCUT2D eigenvalue weighted by Crippen LogP contribution is -1.95. The summed E-state index contributed by atoms with van der Waals surface area (Å²) in [4.78, 5) is 0. The summed E-state index contributed by atoms with van der Waals surface area (Å²) in [5.74, 6) is -0.0215. The minimum Gasteiger partial charge on any atom is -0.492 e. The maximum absolute atomic E-state index is 13.1. The molecule has 0 N–H and O–H groups in total. The van der Waals surface area contributed by atoms with E-state index < -0.39 is 5.82 Å². The van der Waals surface area contributed by atoms with Crippen LogP contribution in [-0.2, 0) is 0 Å². The van der Waals surface area contributed by atoms with Gasteiger partial charge in [0.15, 0.2) is 11.6 Å². The van der Waals surface area contributed by atoms with Crippen molar-refractivity contribution in [2.45, 2.75) is 19.8 Å². The molecule has 1 aromatic carbocycles. The zero-order chi connectivity index (χ0) is 10.0. The lowest BCUT2D eigenvalue weighted by Gasteiger charge is -2.11. The second-order valence-electron chi connectivity index (χ2n) is 3.14. The van der Waals surface area contributed by atoms with Crippen molar-refractivity contribution in [3.63, 3.8) is 0 Å². The molecule has 0 aliphatic carbocycles. The first-order valence-electron chi connectivity index (χ1n) is 4.09. The lowest BCUT2D eigenvalue weighted by atomic mass is 10.0. The minimum absolute atomic E-state index is 0.132. The molecule has 72 valence electrons. The van der Waals surface area contributed by atoms with E-state index in [9.17, 15) is 4.39 Å². The topological polar surface area (TPSA) is 9.23 Å². The largest absolute Gasteiger partial charge is 0.492 e. The van der Waals surface area contributed by atoms with Crippen LogP contribution in [0, 0.1) is 5.82 Å². The fraction of sp³-hybridized carbons (Fsp3) is 0.400. The summed E-state index contributed by atoms with van der Waals surface area (Å²) in [5.41, 5.74) is 0.903. The third-order valence-electron chi connectivity index (χ3n) is 1.91. The van der Waals surface area contributed by atoms with Crippen LogP contribution in [0.5, 0.6) is 5.75 Å². The van der Waals surface area contributed by atoms with Gasteiger partial charge >= 0.3 is 0 Å². The standard InChI is InChI=1S/C10H12ClFO/c1-6(2)7-4-5-8(12)10(13-3)9(7)11/h4-6H,1-3H3. The summed E-state index contributed by atoms with van der Waals surface area (Å²) < 4.78 is 17.9. The van der Waals surface area contributed by atoms with Crippen molar-refractivity contribution in [2.24, 2.45) is 0 Å². The van der Waals surface area contributed by atoms with Crippen LogP contribution >= 0.6 is 11.6 Å². The van der Waals surface area contributed by atoms with Gasteiger partial charge in [0, 0.05) is 0 Å². The van der Waals surface area contributed by atoms with Crippen molar-refractivity contribution < 1.29 is 9.13 Å². The lowest BCUT2D eigenvalue weighted by molar-refractivity contribution is 0.386. The Labute approximate surface area is 82.5 Å². The second-order valence-corrected chi connectivity index (χ2v) is 3.52. The Balaban J connectivity index is 3.27. The molecular formula is C10H12ClFO. The summed E-state index contributed by atoms with van der Waals surface area (Å²) in [6, 6.07) is 3.06. The third-order valence-corrected chi connectivity index (χ3v) is 2.29. The van der Waals surface area contributed by atoms with Crippen molar-refractivity contribution in [2.75, 3.05) is 7.11 Å². The van der Waals surface area contributed by atoms with Crippen LogP contribution in [0.25, 0.3) is 0 Å². The quantitative estimate of drug-likeness (QED) is 0.712. The molecular weight excluding hydrogens is 191 g/mol. The maximum atomic E-state index is 13.1. The predicted molar refractivity (Wildman–Crippen MR) is 52.1 cm³/mol. The van der Waals surface area contributed by atoms with Crippen molar-refractivity contribution in [3.8, 4) is 5.75 Å². The van der Waals surface area contributed by atoms with Gasteiger partial charge in [-0.15, -0.1) is 0 Å². The molecule has 0 saturated heterocycles. The molecule has 0 saturated carbocycles. The van der Waals surface area contributed by atoms with Gasteiger partial charge < -0.3 is 4.74 Å². The minimum atomic E-state index is -0.420. The average molecular weight is 203 g/mol. The number of hydrogen-bond acceptors (Lipinski definition) is 1. The Hall–Kier alpha value is -0.760. The number of methoxy groups -OCH3 is 1. The molecule has 0 radical (unpaired) electrons. The van der Waals surface area contributed by atoms with Gasteiger partial charge in [0.2, 0.25) is 0 Å². The van der Waals surface area contributed by atoms with Crippen molar-refractivity contribution >= 4 is 11.6 Å². The van der Waals surface area contributed by atoms with Gasteiger partial charge in [-0.1, -0.05) is 31.5 Å². The summed E-state index contributed by atoms with van der Waals surface area (Å²) in [6.07, 6.45) is 0. The van der Waals surface area contributed by atoms with E-state index in [0.29, 0.717) is 5.02 Å². The Morgan fingerprint density at radius 2 is 2.00 bits per heavy atom. The van der Waals surface area contributed by atoms with Gasteiger partial charge in [-0.25, -0.2) is 4.39 Å². The molecule has 3 heteroatoms. The van der Waals surface area contributed by atoms with Crippen LogP contribution in [0.15, 0.2) is 12.1 Å². The highest BCUT2D eigenvalue weighted by Crippen LogP contribution is 2.34. The molecule has 0 heterocycles. The average Bonchev–Trinajstić information content (AvgIpc) is 2.04. The van der Waals surface area contributed by atoms with Crippen LogP contribution in [0.2, 0.25) is 5.02 Å². The first-order chi connectivity index (χ1) is 6.07. The molecule has 0 unspecified atom stereocenters. The van der Waals surface area contributed by atoms with Gasteiger partial charge in [-0.3, -0.25) is 0 Å². The summed E-state index contributed by atoms with van der Waals surface area (Å²) in [6.45, 7) is 4.00. The number of hydrogen-bond donors (Lipinski definition) is 0. The van der Waals surface area contributed by atoms with Gasteiger partial charge in [0.25, 0.3) is 0 Å². The summed E-state index contributed by atoms with van der Waals surface area (Å²) >= 11 is 5.94. The molecule has 1 nitrogen and oxygen atoms in total. The number of benzene rings is 1. The zero-order valence-corrected chi connectivity index (χ0v) is 8.65. The van der Waals surface area contributed by atoms with Gasteiger partial charge in [0.05, 0.1) is 12.1 Å². The number of rotatable bonds is 2. The van der Waals surface area contributed by atoms with Crippen molar-refractivity contribution in [3.05, 3.63) is 28.5 Å². The number of ether oxygens (including phenoxy) is 1. The van der Waals surface area contributed by atoms with E-state index in [1.54, 1.807) is 6.07 Å². The molecule has 0 aliphatic heterocycles. The summed E-state index contributed by atoms with van der Waals surface area (Å²) in [5, 5.41) is 0.373. The van der Waals surface area contributed by atoms with Gasteiger partial charge in [-0.2, -0.15) is 0 Å². The SMILES string of the molecule is COc1c(F)ccc(C(C)C)c1Cl. The molecule has 0 bridgehead atoms. The molecule has 0 aliphatic rings. The normalized spacial score (nSPS) is 10.6. The molecule has 13 heavy (non-hydrogen) atoms. The third kappa shape index (κ3) is 1.94. The van der Waals surface area contributed by atoms with Crippen LogP contribution in [0.4, 0.5) is 4.39 Å². The predicted octanol–water partition coefficient (Wildman–Crippen LogP) is 3.61. The number of halogens is 2. The Kier molecular flexibility index (Phi) is 3.15. The Morgan fingerprint density at radius 3 is 2.46 bits per heavy atom. The molecule has 0 amide bonds. The molecule has 0 aromatic heterocycles. The van der Waals surface area contributed by atoms with E-state index in [4.69, 9.17) is 16.3 Å². The highest BCUT2D eigenvalue weighted by atomic mass is 35.5. The first kappa shape index (κ1) is 10.3. The fourth-order valence-electron chi connectivity index (χ4n) is 1.18.